The number of para-hydroxylation sites is 1. The molecule has 0 aromatic heterocycles. The largest absolute Gasteiger partial charge is 0.506 e. The molecule has 2 N–H and O–H groups in total. The monoisotopic (exact) mass is 336 g/mol. The maximum Gasteiger partial charge on any atom is 0.274 e. The first kappa shape index (κ1) is 14.3. The Bertz CT molecular complexity index is 659. The molecule has 2 aromatic rings. The van der Waals surface area contributed by atoms with Gasteiger partial charge in [-0.2, -0.15) is 0 Å². The molecule has 2 rings (SSSR count). The molecule has 0 unspecified atom stereocenters. The van der Waals surface area contributed by atoms with Crippen LogP contribution >= 0.6 is 15.9 Å². The van der Waals surface area contributed by atoms with Crippen LogP contribution in [0.15, 0.2) is 40.9 Å². The van der Waals surface area contributed by atoms with Gasteiger partial charge in [0.25, 0.3) is 5.69 Å². The van der Waals surface area contributed by atoms with E-state index in [1.807, 2.05) is 6.07 Å². The van der Waals surface area contributed by atoms with Crippen LogP contribution < -0.4 is 5.32 Å². The van der Waals surface area contributed by atoms with Crippen molar-refractivity contribution in [3.63, 3.8) is 0 Å². The molecule has 0 saturated heterocycles. The number of nitrogens with zero attached hydrogens (tertiary/aromatic N) is 1. The van der Waals surface area contributed by atoms with Crippen LogP contribution in [0.1, 0.15) is 11.1 Å². The molecule has 0 fully saturated rings. The maximum absolute atomic E-state index is 10.9. The molecule has 0 heterocycles. The summed E-state index contributed by atoms with van der Waals surface area (Å²) in [6.45, 7) is 2.08. The third-order valence-corrected chi connectivity index (χ3v) is 3.68. The highest BCUT2D eigenvalue weighted by atomic mass is 79.9. The normalized spacial score (nSPS) is 10.3. The molecule has 5 nitrogen and oxygen atoms in total. The first-order valence-corrected chi connectivity index (χ1v) is 6.74. The number of rotatable bonds is 4. The highest BCUT2D eigenvalue weighted by molar-refractivity contribution is 9.10. The Morgan fingerprint density at radius 1 is 1.30 bits per heavy atom. The van der Waals surface area contributed by atoms with Gasteiger partial charge in [0.15, 0.2) is 0 Å². The number of benzene rings is 2. The van der Waals surface area contributed by atoms with Crippen molar-refractivity contribution in [2.75, 3.05) is 5.32 Å². The summed E-state index contributed by atoms with van der Waals surface area (Å²) < 4.78 is 0.618. The van der Waals surface area contributed by atoms with Gasteiger partial charge in [-0.05, 0) is 35.0 Å². The van der Waals surface area contributed by atoms with E-state index in [0.717, 1.165) is 0 Å². The van der Waals surface area contributed by atoms with Crippen molar-refractivity contribution in [1.29, 1.82) is 0 Å². The number of phenols is 1. The number of aromatic hydroxyl groups is 1. The molecular weight excluding hydrogens is 324 g/mol. The minimum Gasteiger partial charge on any atom is -0.506 e. The van der Waals surface area contributed by atoms with Gasteiger partial charge in [-0.25, -0.2) is 0 Å². The fraction of sp³-hybridized carbons (Fsp3) is 0.143. The van der Waals surface area contributed by atoms with Gasteiger partial charge in [-0.3, -0.25) is 10.1 Å². The van der Waals surface area contributed by atoms with Crippen LogP contribution in [0.25, 0.3) is 0 Å². The fourth-order valence-electron chi connectivity index (χ4n) is 1.91. The molecular formula is C14H13BrN2O3. The van der Waals surface area contributed by atoms with Crippen molar-refractivity contribution in [2.24, 2.45) is 0 Å². The minimum atomic E-state index is -0.406. The van der Waals surface area contributed by atoms with Gasteiger partial charge in [0.05, 0.1) is 9.40 Å². The molecule has 0 saturated carbocycles. The van der Waals surface area contributed by atoms with E-state index < -0.39 is 4.92 Å². The predicted octanol–water partition coefficient (Wildman–Crippen LogP) is 3.98. The van der Waals surface area contributed by atoms with E-state index in [9.17, 15) is 15.2 Å². The zero-order valence-electron chi connectivity index (χ0n) is 10.8. The predicted molar refractivity (Wildman–Crippen MR) is 81.0 cm³/mol. The standard InChI is InChI=1S/C14H13BrN2O3/c1-9-12(6-3-7-13(9)17(19)20)16-8-10-4-2-5-11(15)14(10)18/h2-7,16,18H,8H2,1H3. The zero-order chi connectivity index (χ0) is 14.7. The van der Waals surface area contributed by atoms with Gasteiger partial charge in [0, 0.05) is 29.4 Å². The molecule has 0 aliphatic carbocycles. The van der Waals surface area contributed by atoms with E-state index >= 15 is 0 Å². The van der Waals surface area contributed by atoms with Crippen LogP contribution in [0.3, 0.4) is 0 Å². The van der Waals surface area contributed by atoms with E-state index in [2.05, 4.69) is 21.2 Å². The first-order valence-electron chi connectivity index (χ1n) is 5.95. The van der Waals surface area contributed by atoms with Gasteiger partial charge >= 0.3 is 0 Å². The van der Waals surface area contributed by atoms with Gasteiger partial charge in [-0.1, -0.05) is 18.2 Å². The SMILES string of the molecule is Cc1c(NCc2cccc(Br)c2O)cccc1[N+](=O)[O-]. The molecule has 0 amide bonds. The number of phenolic OH excluding ortho intramolecular Hbond substituents is 1. The summed E-state index contributed by atoms with van der Waals surface area (Å²) in [5.41, 5.74) is 2.05. The quantitative estimate of drug-likeness (QED) is 0.654. The number of nitrogens with one attached hydrogen (secondary N) is 1. The molecule has 2 aromatic carbocycles. The molecule has 0 atom stereocenters. The second-order valence-electron chi connectivity index (χ2n) is 4.31. The highest BCUT2D eigenvalue weighted by Crippen LogP contribution is 2.29. The fourth-order valence-corrected chi connectivity index (χ4v) is 2.31. The van der Waals surface area contributed by atoms with Gasteiger partial charge < -0.3 is 10.4 Å². The lowest BCUT2D eigenvalue weighted by Crippen LogP contribution is -2.03. The Morgan fingerprint density at radius 3 is 2.70 bits per heavy atom. The van der Waals surface area contributed by atoms with Crippen LogP contribution in [-0.4, -0.2) is 10.0 Å². The first-order chi connectivity index (χ1) is 9.50. The summed E-state index contributed by atoms with van der Waals surface area (Å²) in [5, 5.41) is 23.9. The number of halogens is 1. The molecule has 0 aliphatic heterocycles. The molecule has 0 aliphatic rings. The van der Waals surface area contributed by atoms with E-state index in [-0.39, 0.29) is 11.4 Å². The Kier molecular flexibility index (Phi) is 4.24. The zero-order valence-corrected chi connectivity index (χ0v) is 12.3. The Balaban J connectivity index is 2.21. The lowest BCUT2D eigenvalue weighted by atomic mass is 10.1. The number of hydrogen-bond acceptors (Lipinski definition) is 4. The van der Waals surface area contributed by atoms with E-state index in [0.29, 0.717) is 27.8 Å². The summed E-state index contributed by atoms with van der Waals surface area (Å²) >= 11 is 3.25. The Morgan fingerprint density at radius 2 is 2.00 bits per heavy atom. The second kappa shape index (κ2) is 5.92. The minimum absolute atomic E-state index is 0.0773. The molecule has 0 bridgehead atoms. The summed E-state index contributed by atoms with van der Waals surface area (Å²) in [6.07, 6.45) is 0. The molecule has 0 radical (unpaired) electrons. The number of nitro groups is 1. The smallest absolute Gasteiger partial charge is 0.274 e. The molecule has 0 spiro atoms. The molecule has 6 heteroatoms. The van der Waals surface area contributed by atoms with Crippen molar-refractivity contribution in [2.45, 2.75) is 13.5 Å². The highest BCUT2D eigenvalue weighted by Gasteiger charge is 2.13. The summed E-state index contributed by atoms with van der Waals surface area (Å²) in [7, 11) is 0. The third-order valence-electron chi connectivity index (χ3n) is 3.04. The molecule has 104 valence electrons. The Labute approximate surface area is 124 Å². The van der Waals surface area contributed by atoms with Crippen LogP contribution in [0.4, 0.5) is 11.4 Å². The Hall–Kier alpha value is -2.08. The van der Waals surface area contributed by atoms with Gasteiger partial charge in [-0.15, -0.1) is 0 Å². The average molecular weight is 337 g/mol. The van der Waals surface area contributed by atoms with Crippen molar-refractivity contribution in [1.82, 2.24) is 0 Å². The van der Waals surface area contributed by atoms with Crippen LogP contribution in [0, 0.1) is 17.0 Å². The van der Waals surface area contributed by atoms with E-state index in [4.69, 9.17) is 0 Å². The maximum atomic E-state index is 10.9. The topological polar surface area (TPSA) is 75.4 Å². The van der Waals surface area contributed by atoms with Crippen molar-refractivity contribution in [3.8, 4) is 5.75 Å². The third kappa shape index (κ3) is 2.91. The molecule has 20 heavy (non-hydrogen) atoms. The summed E-state index contributed by atoms with van der Waals surface area (Å²) in [4.78, 5) is 10.5. The number of anilines is 1. The van der Waals surface area contributed by atoms with E-state index in [1.165, 1.54) is 6.07 Å². The second-order valence-corrected chi connectivity index (χ2v) is 5.16. The van der Waals surface area contributed by atoms with Gasteiger partial charge in [0.1, 0.15) is 5.75 Å². The average Bonchev–Trinajstić information content (AvgIpc) is 2.41. The van der Waals surface area contributed by atoms with Gasteiger partial charge in [0.2, 0.25) is 0 Å². The van der Waals surface area contributed by atoms with Crippen LogP contribution in [0.5, 0.6) is 5.75 Å². The summed E-state index contributed by atoms with van der Waals surface area (Å²) in [5.74, 6) is 0.170. The van der Waals surface area contributed by atoms with Crippen molar-refractivity contribution in [3.05, 3.63) is 62.1 Å². The summed E-state index contributed by atoms with van der Waals surface area (Å²) in [6, 6.07) is 10.2. The lowest BCUT2D eigenvalue weighted by Gasteiger charge is -2.11. The van der Waals surface area contributed by atoms with E-state index in [1.54, 1.807) is 31.2 Å². The van der Waals surface area contributed by atoms with Crippen LogP contribution in [0.2, 0.25) is 0 Å². The number of hydrogen-bond donors (Lipinski definition) is 2. The number of nitro benzene ring substituents is 1. The lowest BCUT2D eigenvalue weighted by molar-refractivity contribution is -0.385. The van der Waals surface area contributed by atoms with Crippen LogP contribution in [-0.2, 0) is 6.54 Å². The van der Waals surface area contributed by atoms with Crippen molar-refractivity contribution >= 4 is 27.3 Å². The van der Waals surface area contributed by atoms with Crippen molar-refractivity contribution < 1.29 is 10.0 Å².